The molecule has 0 bridgehead atoms. The van der Waals surface area contributed by atoms with Crippen LogP contribution in [-0.2, 0) is 0 Å². The number of carbonyl (C=O) groups excluding carboxylic acids is 2. The fourth-order valence-corrected chi connectivity index (χ4v) is 2.64. The lowest BCUT2D eigenvalue weighted by Crippen LogP contribution is -2.09. The molecule has 3 rings (SSSR count). The van der Waals surface area contributed by atoms with Crippen molar-refractivity contribution in [2.75, 3.05) is 7.11 Å². The minimum absolute atomic E-state index is 0.106. The molecule has 3 aromatic rings. The Morgan fingerprint density at radius 3 is 2.25 bits per heavy atom. The van der Waals surface area contributed by atoms with Crippen molar-refractivity contribution in [1.29, 1.82) is 0 Å². The summed E-state index contributed by atoms with van der Waals surface area (Å²) in [7, 11) is 1.56. The van der Waals surface area contributed by atoms with Crippen LogP contribution in [0.3, 0.4) is 0 Å². The van der Waals surface area contributed by atoms with Gasteiger partial charge in [-0.05, 0) is 37.3 Å². The molecule has 0 heterocycles. The Labute approximate surface area is 139 Å². The molecule has 0 aromatic heterocycles. The van der Waals surface area contributed by atoms with E-state index in [2.05, 4.69) is 0 Å². The highest BCUT2D eigenvalue weighted by Crippen LogP contribution is 2.35. The highest BCUT2D eigenvalue weighted by Gasteiger charge is 2.17. The molecule has 0 radical (unpaired) electrons. The molecule has 0 saturated carbocycles. The zero-order valence-electron chi connectivity index (χ0n) is 13.4. The van der Waals surface area contributed by atoms with E-state index in [1.165, 1.54) is 6.92 Å². The summed E-state index contributed by atoms with van der Waals surface area (Å²) in [4.78, 5) is 24.3. The van der Waals surface area contributed by atoms with E-state index < -0.39 is 5.97 Å². The van der Waals surface area contributed by atoms with Crippen LogP contribution in [0.4, 0.5) is 0 Å². The molecular weight excluding hydrogens is 304 g/mol. The van der Waals surface area contributed by atoms with Gasteiger partial charge in [-0.25, -0.2) is 4.79 Å². The first-order valence-electron chi connectivity index (χ1n) is 7.49. The third-order valence-electron chi connectivity index (χ3n) is 3.77. The van der Waals surface area contributed by atoms with Crippen LogP contribution in [-0.4, -0.2) is 18.9 Å². The Morgan fingerprint density at radius 1 is 0.833 bits per heavy atom. The van der Waals surface area contributed by atoms with Gasteiger partial charge in [-0.3, -0.25) is 4.79 Å². The quantitative estimate of drug-likeness (QED) is 0.409. The van der Waals surface area contributed by atoms with Crippen molar-refractivity contribution in [2.24, 2.45) is 0 Å². The standard InChI is InChI=1S/C20H16O4/c1-13(21)15-11-12-17(23-2)16-9-6-10-18(19(15)16)24-20(22)14-7-4-3-5-8-14/h3-12H,1-2H3. The monoisotopic (exact) mass is 320 g/mol. The van der Waals surface area contributed by atoms with Crippen LogP contribution in [0.2, 0.25) is 0 Å². The molecule has 0 spiro atoms. The van der Waals surface area contributed by atoms with Gasteiger partial charge in [0.1, 0.15) is 11.5 Å². The number of rotatable bonds is 4. The summed E-state index contributed by atoms with van der Waals surface area (Å²) < 4.78 is 10.9. The molecule has 3 aromatic carbocycles. The topological polar surface area (TPSA) is 52.6 Å². The van der Waals surface area contributed by atoms with Crippen LogP contribution in [0.25, 0.3) is 10.8 Å². The summed E-state index contributed by atoms with van der Waals surface area (Å²) in [5, 5.41) is 1.30. The second-order valence-electron chi connectivity index (χ2n) is 5.31. The maximum atomic E-state index is 12.4. The van der Waals surface area contributed by atoms with E-state index in [0.717, 1.165) is 5.39 Å². The third kappa shape index (κ3) is 2.86. The fourth-order valence-electron chi connectivity index (χ4n) is 2.64. The number of esters is 1. The van der Waals surface area contributed by atoms with E-state index in [0.29, 0.717) is 28.0 Å². The largest absolute Gasteiger partial charge is 0.496 e. The van der Waals surface area contributed by atoms with Gasteiger partial charge in [-0.1, -0.05) is 30.3 Å². The lowest BCUT2D eigenvalue weighted by atomic mass is 10.00. The first-order chi connectivity index (χ1) is 11.6. The summed E-state index contributed by atoms with van der Waals surface area (Å²) in [6.45, 7) is 1.48. The average Bonchev–Trinajstić information content (AvgIpc) is 2.61. The minimum Gasteiger partial charge on any atom is -0.496 e. The van der Waals surface area contributed by atoms with Crippen molar-refractivity contribution in [3.63, 3.8) is 0 Å². The highest BCUT2D eigenvalue weighted by molar-refractivity contribution is 6.11. The van der Waals surface area contributed by atoms with Gasteiger partial charge in [0, 0.05) is 16.3 Å². The Morgan fingerprint density at radius 2 is 1.58 bits per heavy atom. The van der Waals surface area contributed by atoms with Crippen LogP contribution >= 0.6 is 0 Å². The summed E-state index contributed by atoms with van der Waals surface area (Å²) >= 11 is 0. The van der Waals surface area contributed by atoms with Crippen molar-refractivity contribution in [2.45, 2.75) is 6.92 Å². The molecule has 0 saturated heterocycles. The van der Waals surface area contributed by atoms with E-state index in [9.17, 15) is 9.59 Å². The lowest BCUT2D eigenvalue weighted by Gasteiger charge is -2.13. The van der Waals surface area contributed by atoms with Crippen molar-refractivity contribution in [1.82, 2.24) is 0 Å². The molecule has 0 N–H and O–H groups in total. The molecule has 0 amide bonds. The van der Waals surface area contributed by atoms with Gasteiger partial charge < -0.3 is 9.47 Å². The Hall–Kier alpha value is -3.14. The number of fused-ring (bicyclic) bond motifs is 1. The molecule has 0 aliphatic rings. The first kappa shape index (κ1) is 15.7. The first-order valence-corrected chi connectivity index (χ1v) is 7.49. The normalized spacial score (nSPS) is 10.4. The zero-order chi connectivity index (χ0) is 17.1. The SMILES string of the molecule is COc1ccc(C(C)=O)c2c(OC(=O)c3ccccc3)cccc12. The van der Waals surface area contributed by atoms with Crippen molar-refractivity contribution < 1.29 is 19.1 Å². The van der Waals surface area contributed by atoms with E-state index in [4.69, 9.17) is 9.47 Å². The molecule has 0 unspecified atom stereocenters. The molecule has 4 heteroatoms. The number of methoxy groups -OCH3 is 1. The number of ether oxygens (including phenoxy) is 2. The second-order valence-corrected chi connectivity index (χ2v) is 5.31. The van der Waals surface area contributed by atoms with Gasteiger partial charge in [0.25, 0.3) is 0 Å². The number of carbonyl (C=O) groups is 2. The van der Waals surface area contributed by atoms with Crippen LogP contribution in [0, 0.1) is 0 Å². The van der Waals surface area contributed by atoms with Gasteiger partial charge in [-0.2, -0.15) is 0 Å². The summed E-state index contributed by atoms with van der Waals surface area (Å²) in [5.74, 6) is 0.379. The molecule has 0 atom stereocenters. The Balaban J connectivity index is 2.14. The van der Waals surface area contributed by atoms with Crippen LogP contribution < -0.4 is 9.47 Å². The van der Waals surface area contributed by atoms with Crippen molar-refractivity contribution >= 4 is 22.5 Å². The summed E-state index contributed by atoms with van der Waals surface area (Å²) in [6, 6.07) is 17.4. The smallest absolute Gasteiger partial charge is 0.343 e. The van der Waals surface area contributed by atoms with Crippen LogP contribution in [0.1, 0.15) is 27.6 Å². The third-order valence-corrected chi connectivity index (χ3v) is 3.77. The molecular formula is C20H16O4. The predicted molar refractivity (Wildman–Crippen MR) is 91.9 cm³/mol. The lowest BCUT2D eigenvalue weighted by molar-refractivity contribution is 0.0736. The Kier molecular flexibility index (Phi) is 4.29. The van der Waals surface area contributed by atoms with Gasteiger partial charge in [0.2, 0.25) is 0 Å². The average molecular weight is 320 g/mol. The van der Waals surface area contributed by atoms with Gasteiger partial charge in [-0.15, -0.1) is 0 Å². The molecule has 4 nitrogen and oxygen atoms in total. The Bertz CT molecular complexity index is 914. The van der Waals surface area contributed by atoms with E-state index in [1.54, 1.807) is 55.6 Å². The number of hydrogen-bond donors (Lipinski definition) is 0. The number of Topliss-reactive ketones (excluding diaryl/α,β-unsaturated/α-hetero) is 1. The molecule has 0 fully saturated rings. The van der Waals surface area contributed by atoms with Gasteiger partial charge in [0.15, 0.2) is 5.78 Å². The van der Waals surface area contributed by atoms with Crippen molar-refractivity contribution in [3.8, 4) is 11.5 Å². The maximum Gasteiger partial charge on any atom is 0.343 e. The van der Waals surface area contributed by atoms with E-state index in [-0.39, 0.29) is 5.78 Å². The van der Waals surface area contributed by atoms with Gasteiger partial charge in [0.05, 0.1) is 12.7 Å². The van der Waals surface area contributed by atoms with Gasteiger partial charge >= 0.3 is 5.97 Å². The predicted octanol–water partition coefficient (Wildman–Crippen LogP) is 4.27. The summed E-state index contributed by atoms with van der Waals surface area (Å²) in [5.41, 5.74) is 0.934. The zero-order valence-corrected chi connectivity index (χ0v) is 13.4. The molecule has 120 valence electrons. The number of ketones is 1. The highest BCUT2D eigenvalue weighted by atomic mass is 16.5. The number of benzene rings is 3. The molecule has 24 heavy (non-hydrogen) atoms. The summed E-state index contributed by atoms with van der Waals surface area (Å²) in [6.07, 6.45) is 0. The molecule has 0 aliphatic carbocycles. The van der Waals surface area contributed by atoms with E-state index in [1.807, 2.05) is 12.1 Å². The van der Waals surface area contributed by atoms with E-state index >= 15 is 0 Å². The minimum atomic E-state index is -0.472. The fraction of sp³-hybridized carbons (Fsp3) is 0.100. The van der Waals surface area contributed by atoms with Crippen molar-refractivity contribution in [3.05, 3.63) is 71.8 Å². The van der Waals surface area contributed by atoms with Crippen LogP contribution in [0.5, 0.6) is 11.5 Å². The number of hydrogen-bond acceptors (Lipinski definition) is 4. The van der Waals surface area contributed by atoms with Crippen LogP contribution in [0.15, 0.2) is 60.7 Å². The maximum absolute atomic E-state index is 12.4. The molecule has 0 aliphatic heterocycles. The second kappa shape index (κ2) is 6.54.